The predicted molar refractivity (Wildman–Crippen MR) is 32.0 cm³/mol. The van der Waals surface area contributed by atoms with Crippen LogP contribution >= 0.6 is 0 Å². The molecule has 0 atom stereocenters. The molecule has 0 aliphatic heterocycles. The van der Waals surface area contributed by atoms with E-state index in [4.69, 9.17) is 15.1 Å². The Balaban J connectivity index is 0. The van der Waals surface area contributed by atoms with Crippen molar-refractivity contribution in [2.75, 3.05) is 21.1 Å². The molecule has 0 aliphatic rings. The van der Waals surface area contributed by atoms with Gasteiger partial charge in [0, 0.05) is 0 Å². The molecule has 0 rings (SSSR count). The van der Waals surface area contributed by atoms with Crippen LogP contribution < -0.4 is 0 Å². The Kier molecular flexibility index (Phi) is 9.33. The van der Waals surface area contributed by atoms with Crippen molar-refractivity contribution >= 4 is 7.32 Å². The lowest BCUT2D eigenvalue weighted by molar-refractivity contribution is 0.278. The first-order valence-corrected chi connectivity index (χ1v) is 2.12. The van der Waals surface area contributed by atoms with Crippen molar-refractivity contribution in [3.8, 4) is 0 Å². The zero-order chi connectivity index (χ0) is 7.15. The molecule has 0 saturated heterocycles. The largest absolute Gasteiger partial charge is 0.631 e. The van der Waals surface area contributed by atoms with Gasteiger partial charge >= 0.3 is 7.32 Å². The third-order valence-corrected chi connectivity index (χ3v) is 0. The standard InChI is InChI=1S/C3H9N.BH3O3/c1-4(2)3;2-1(3)4/h1-3H3;2-4H. The molecule has 4 nitrogen and oxygen atoms in total. The summed E-state index contributed by atoms with van der Waals surface area (Å²) in [6.07, 6.45) is 0. The highest BCUT2D eigenvalue weighted by Crippen LogP contribution is 1.47. The van der Waals surface area contributed by atoms with Crippen molar-refractivity contribution in [3.63, 3.8) is 0 Å². The van der Waals surface area contributed by atoms with Crippen LogP contribution in [0.4, 0.5) is 0 Å². The Hall–Kier alpha value is -0.0951. The highest BCUT2D eigenvalue weighted by atomic mass is 16.5. The molecular formula is C3H12BNO3. The second-order valence-electron chi connectivity index (χ2n) is 1.69. The molecule has 0 fully saturated rings. The maximum Gasteiger partial charge on any atom is 0.631 e. The first-order valence-electron chi connectivity index (χ1n) is 2.12. The first kappa shape index (κ1) is 10.8. The van der Waals surface area contributed by atoms with Gasteiger partial charge in [0.2, 0.25) is 0 Å². The van der Waals surface area contributed by atoms with E-state index < -0.39 is 7.32 Å². The van der Waals surface area contributed by atoms with Gasteiger partial charge in [-0.3, -0.25) is 0 Å². The summed E-state index contributed by atoms with van der Waals surface area (Å²) in [5.41, 5.74) is 0. The smallest absolute Gasteiger partial charge is 0.402 e. The van der Waals surface area contributed by atoms with Crippen molar-refractivity contribution in [1.29, 1.82) is 0 Å². The highest BCUT2D eigenvalue weighted by molar-refractivity contribution is 6.30. The lowest BCUT2D eigenvalue weighted by Gasteiger charge is -1.90. The average molecular weight is 121 g/mol. The van der Waals surface area contributed by atoms with Crippen molar-refractivity contribution in [2.45, 2.75) is 0 Å². The molecule has 0 bridgehead atoms. The Bertz CT molecular complexity index is 30.0. The van der Waals surface area contributed by atoms with Crippen molar-refractivity contribution in [2.24, 2.45) is 0 Å². The molecule has 3 N–H and O–H groups in total. The maximum atomic E-state index is 7.17. The van der Waals surface area contributed by atoms with E-state index in [1.807, 2.05) is 26.0 Å². The normalized spacial score (nSPS) is 7.88. The molecule has 0 spiro atoms. The second kappa shape index (κ2) is 6.90. The molecular weight excluding hydrogens is 109 g/mol. The van der Waals surface area contributed by atoms with Crippen LogP contribution in [0.25, 0.3) is 0 Å². The number of nitrogens with zero attached hydrogens (tertiary/aromatic N) is 1. The minimum atomic E-state index is -2.17. The van der Waals surface area contributed by atoms with Crippen molar-refractivity contribution in [3.05, 3.63) is 0 Å². The van der Waals surface area contributed by atoms with E-state index in [1.165, 1.54) is 0 Å². The molecule has 0 aromatic rings. The third-order valence-electron chi connectivity index (χ3n) is 0. The van der Waals surface area contributed by atoms with Gasteiger partial charge in [-0.15, -0.1) is 0 Å². The van der Waals surface area contributed by atoms with Gasteiger partial charge in [-0.25, -0.2) is 0 Å². The van der Waals surface area contributed by atoms with Gasteiger partial charge in [0.15, 0.2) is 0 Å². The van der Waals surface area contributed by atoms with Gasteiger partial charge in [0.25, 0.3) is 0 Å². The third kappa shape index (κ3) is 15700. The zero-order valence-corrected chi connectivity index (χ0v) is 5.37. The minimum Gasteiger partial charge on any atom is -0.402 e. The molecule has 0 unspecified atom stereocenters. The van der Waals surface area contributed by atoms with Crippen LogP contribution in [-0.4, -0.2) is 48.4 Å². The summed E-state index contributed by atoms with van der Waals surface area (Å²) < 4.78 is 0. The molecule has 0 saturated carbocycles. The van der Waals surface area contributed by atoms with E-state index in [1.54, 1.807) is 0 Å². The fraction of sp³-hybridized carbons (Fsp3) is 1.00. The molecule has 0 aliphatic carbocycles. The zero-order valence-electron chi connectivity index (χ0n) is 5.37. The number of rotatable bonds is 0. The van der Waals surface area contributed by atoms with Crippen LogP contribution in [0.1, 0.15) is 0 Å². The van der Waals surface area contributed by atoms with Gasteiger partial charge in [0.1, 0.15) is 0 Å². The Morgan fingerprint density at radius 2 is 1.00 bits per heavy atom. The van der Waals surface area contributed by atoms with Gasteiger partial charge in [-0.05, 0) is 21.1 Å². The Morgan fingerprint density at radius 1 is 1.00 bits per heavy atom. The summed E-state index contributed by atoms with van der Waals surface area (Å²) in [5, 5.41) is 21.5. The maximum absolute atomic E-state index is 7.17. The van der Waals surface area contributed by atoms with Crippen LogP contribution in [0.3, 0.4) is 0 Å². The molecule has 0 aromatic heterocycles. The molecule has 0 radical (unpaired) electrons. The molecule has 5 heteroatoms. The molecule has 0 heterocycles. The monoisotopic (exact) mass is 121 g/mol. The number of hydrogen-bond donors (Lipinski definition) is 3. The number of hydrogen-bond acceptors (Lipinski definition) is 4. The van der Waals surface area contributed by atoms with Crippen LogP contribution in [0.2, 0.25) is 0 Å². The Morgan fingerprint density at radius 3 is 1.00 bits per heavy atom. The molecule has 0 aromatic carbocycles. The SMILES string of the molecule is CN(C)C.OB(O)O. The average Bonchev–Trinajstić information content (AvgIpc) is 1.25. The van der Waals surface area contributed by atoms with E-state index in [2.05, 4.69) is 0 Å². The van der Waals surface area contributed by atoms with Gasteiger partial charge in [0.05, 0.1) is 0 Å². The predicted octanol–water partition coefficient (Wildman–Crippen LogP) is -1.87. The summed E-state index contributed by atoms with van der Waals surface area (Å²) in [6.45, 7) is 0. The quantitative estimate of drug-likeness (QED) is 0.328. The van der Waals surface area contributed by atoms with Crippen LogP contribution in [0, 0.1) is 0 Å². The summed E-state index contributed by atoms with van der Waals surface area (Å²) in [6, 6.07) is 0. The molecule has 50 valence electrons. The van der Waals surface area contributed by atoms with Crippen LogP contribution in [0.5, 0.6) is 0 Å². The van der Waals surface area contributed by atoms with E-state index in [9.17, 15) is 0 Å². The highest BCUT2D eigenvalue weighted by Gasteiger charge is 1.92. The summed E-state index contributed by atoms with van der Waals surface area (Å²) in [5.74, 6) is 0. The van der Waals surface area contributed by atoms with E-state index in [-0.39, 0.29) is 0 Å². The fourth-order valence-corrected chi connectivity index (χ4v) is 0. The topological polar surface area (TPSA) is 63.9 Å². The fourth-order valence-electron chi connectivity index (χ4n) is 0. The van der Waals surface area contributed by atoms with E-state index >= 15 is 0 Å². The second-order valence-corrected chi connectivity index (χ2v) is 1.69. The van der Waals surface area contributed by atoms with Crippen LogP contribution in [-0.2, 0) is 0 Å². The van der Waals surface area contributed by atoms with Crippen molar-refractivity contribution in [1.82, 2.24) is 4.90 Å². The van der Waals surface area contributed by atoms with E-state index in [0.29, 0.717) is 0 Å². The summed E-state index contributed by atoms with van der Waals surface area (Å²) in [7, 11) is 3.83. The van der Waals surface area contributed by atoms with Crippen molar-refractivity contribution < 1.29 is 15.1 Å². The van der Waals surface area contributed by atoms with Gasteiger partial charge < -0.3 is 20.0 Å². The molecule has 0 amide bonds. The summed E-state index contributed by atoms with van der Waals surface area (Å²) >= 11 is 0. The summed E-state index contributed by atoms with van der Waals surface area (Å²) in [4.78, 5) is 2.00. The lowest BCUT2D eigenvalue weighted by atomic mass is 10.3. The first-order chi connectivity index (χ1) is 3.46. The molecule has 8 heavy (non-hydrogen) atoms. The lowest BCUT2D eigenvalue weighted by Crippen LogP contribution is -2.07. The van der Waals surface area contributed by atoms with E-state index in [0.717, 1.165) is 0 Å². The van der Waals surface area contributed by atoms with Crippen LogP contribution in [0.15, 0.2) is 0 Å². The van der Waals surface area contributed by atoms with Gasteiger partial charge in [-0.2, -0.15) is 0 Å². The Labute approximate surface area is 49.5 Å². The van der Waals surface area contributed by atoms with Gasteiger partial charge in [-0.1, -0.05) is 0 Å². The minimum absolute atomic E-state index is 2.00.